The van der Waals surface area contributed by atoms with Crippen molar-refractivity contribution in [3.05, 3.63) is 58.3 Å². The number of benzene rings is 1. The molecule has 0 spiro atoms. The van der Waals surface area contributed by atoms with Gasteiger partial charge in [-0.25, -0.2) is 4.98 Å². The van der Waals surface area contributed by atoms with Gasteiger partial charge in [0.15, 0.2) is 0 Å². The van der Waals surface area contributed by atoms with Crippen LogP contribution in [0, 0.1) is 0 Å². The van der Waals surface area contributed by atoms with Gasteiger partial charge in [-0.3, -0.25) is 4.79 Å². The molecular weight excluding hydrogens is 318 g/mol. The van der Waals surface area contributed by atoms with Crippen LogP contribution < -0.4 is 5.32 Å². The van der Waals surface area contributed by atoms with E-state index in [4.69, 9.17) is 0 Å². The molecule has 0 aliphatic heterocycles. The number of amides is 1. The SMILES string of the molecule is CN(C)Cc1ccc(NC(=O)c2ccc(Br)cn2)cc1. The van der Waals surface area contributed by atoms with E-state index in [0.29, 0.717) is 5.69 Å². The average molecular weight is 334 g/mol. The van der Waals surface area contributed by atoms with Gasteiger partial charge in [-0.15, -0.1) is 0 Å². The van der Waals surface area contributed by atoms with Crippen molar-refractivity contribution in [2.24, 2.45) is 0 Å². The molecule has 2 rings (SSSR count). The van der Waals surface area contributed by atoms with Crippen LogP contribution in [0.1, 0.15) is 16.1 Å². The molecule has 1 amide bonds. The lowest BCUT2D eigenvalue weighted by atomic mass is 10.2. The second-order valence-electron chi connectivity index (χ2n) is 4.75. The van der Waals surface area contributed by atoms with Crippen LogP contribution >= 0.6 is 15.9 Å². The Hall–Kier alpha value is -1.72. The van der Waals surface area contributed by atoms with Crippen molar-refractivity contribution in [1.82, 2.24) is 9.88 Å². The van der Waals surface area contributed by atoms with Crippen molar-refractivity contribution in [3.8, 4) is 0 Å². The van der Waals surface area contributed by atoms with Crippen LogP contribution in [0.2, 0.25) is 0 Å². The highest BCUT2D eigenvalue weighted by atomic mass is 79.9. The molecular formula is C15H16BrN3O. The largest absolute Gasteiger partial charge is 0.321 e. The fraction of sp³-hybridized carbons (Fsp3) is 0.200. The molecule has 0 radical (unpaired) electrons. The van der Waals surface area contributed by atoms with E-state index in [-0.39, 0.29) is 5.91 Å². The quantitative estimate of drug-likeness (QED) is 0.934. The van der Waals surface area contributed by atoms with Crippen LogP contribution in [-0.4, -0.2) is 29.9 Å². The number of pyridine rings is 1. The highest BCUT2D eigenvalue weighted by molar-refractivity contribution is 9.10. The van der Waals surface area contributed by atoms with Crippen molar-refractivity contribution >= 4 is 27.5 Å². The number of rotatable bonds is 4. The third-order valence-electron chi connectivity index (χ3n) is 2.67. The molecule has 0 saturated heterocycles. The molecule has 0 aliphatic rings. The monoisotopic (exact) mass is 333 g/mol. The highest BCUT2D eigenvalue weighted by Gasteiger charge is 2.07. The third kappa shape index (κ3) is 4.15. The molecule has 5 heteroatoms. The Labute approximate surface area is 127 Å². The topological polar surface area (TPSA) is 45.2 Å². The molecule has 0 unspecified atom stereocenters. The normalized spacial score (nSPS) is 10.6. The molecule has 0 fully saturated rings. The number of carbonyl (C=O) groups is 1. The van der Waals surface area contributed by atoms with Gasteiger partial charge in [-0.1, -0.05) is 12.1 Å². The van der Waals surface area contributed by atoms with Crippen molar-refractivity contribution in [3.63, 3.8) is 0 Å². The molecule has 1 aromatic heterocycles. The molecule has 4 nitrogen and oxygen atoms in total. The number of nitrogens with zero attached hydrogens (tertiary/aromatic N) is 2. The molecule has 2 aromatic rings. The zero-order chi connectivity index (χ0) is 14.5. The number of halogens is 1. The molecule has 0 aliphatic carbocycles. The molecule has 0 bridgehead atoms. The summed E-state index contributed by atoms with van der Waals surface area (Å²) in [4.78, 5) is 18.2. The van der Waals surface area contributed by atoms with Gasteiger partial charge in [0, 0.05) is 22.9 Å². The van der Waals surface area contributed by atoms with Crippen molar-refractivity contribution in [1.29, 1.82) is 0 Å². The van der Waals surface area contributed by atoms with Crippen LogP contribution in [0.3, 0.4) is 0 Å². The Kier molecular flexibility index (Phi) is 4.87. The van der Waals surface area contributed by atoms with Gasteiger partial charge in [0.1, 0.15) is 5.69 Å². The van der Waals surface area contributed by atoms with Crippen molar-refractivity contribution in [2.75, 3.05) is 19.4 Å². The second-order valence-corrected chi connectivity index (χ2v) is 5.67. The minimum absolute atomic E-state index is 0.210. The number of aromatic nitrogens is 1. The van der Waals surface area contributed by atoms with Gasteiger partial charge in [0.05, 0.1) is 0 Å². The molecule has 1 aromatic carbocycles. The first-order chi connectivity index (χ1) is 9.54. The van der Waals surface area contributed by atoms with Crippen LogP contribution in [-0.2, 0) is 6.54 Å². The van der Waals surface area contributed by atoms with E-state index >= 15 is 0 Å². The van der Waals surface area contributed by atoms with Gasteiger partial charge < -0.3 is 10.2 Å². The Morgan fingerprint density at radius 1 is 1.20 bits per heavy atom. The zero-order valence-electron chi connectivity index (χ0n) is 11.4. The summed E-state index contributed by atoms with van der Waals surface area (Å²) in [5.41, 5.74) is 2.36. The molecule has 104 valence electrons. The van der Waals surface area contributed by atoms with E-state index in [1.54, 1.807) is 18.3 Å². The lowest BCUT2D eigenvalue weighted by molar-refractivity contribution is 0.102. The molecule has 1 N–H and O–H groups in total. The second kappa shape index (κ2) is 6.63. The molecule has 0 saturated carbocycles. The van der Waals surface area contributed by atoms with E-state index in [0.717, 1.165) is 16.7 Å². The highest BCUT2D eigenvalue weighted by Crippen LogP contribution is 2.13. The lowest BCUT2D eigenvalue weighted by Crippen LogP contribution is -2.14. The third-order valence-corrected chi connectivity index (χ3v) is 3.14. The number of nitrogens with one attached hydrogen (secondary N) is 1. The minimum atomic E-state index is -0.210. The number of hydrogen-bond acceptors (Lipinski definition) is 3. The summed E-state index contributed by atoms with van der Waals surface area (Å²) in [6.45, 7) is 0.877. The average Bonchev–Trinajstić information content (AvgIpc) is 2.41. The van der Waals surface area contributed by atoms with E-state index in [1.165, 1.54) is 5.56 Å². The number of hydrogen-bond donors (Lipinski definition) is 1. The maximum atomic E-state index is 12.0. The Morgan fingerprint density at radius 2 is 1.90 bits per heavy atom. The van der Waals surface area contributed by atoms with Gasteiger partial charge in [-0.05, 0) is 59.9 Å². The van der Waals surface area contributed by atoms with Gasteiger partial charge >= 0.3 is 0 Å². The summed E-state index contributed by atoms with van der Waals surface area (Å²) in [6, 6.07) is 11.3. The Bertz CT molecular complexity index is 579. The summed E-state index contributed by atoms with van der Waals surface area (Å²) in [5, 5.41) is 2.83. The van der Waals surface area contributed by atoms with Crippen molar-refractivity contribution < 1.29 is 4.79 Å². The first kappa shape index (κ1) is 14.7. The summed E-state index contributed by atoms with van der Waals surface area (Å²) in [6.07, 6.45) is 1.61. The van der Waals surface area contributed by atoms with Crippen LogP contribution in [0.15, 0.2) is 47.1 Å². The molecule has 1 heterocycles. The summed E-state index contributed by atoms with van der Waals surface area (Å²) in [5.74, 6) is -0.210. The fourth-order valence-electron chi connectivity index (χ4n) is 1.76. The van der Waals surface area contributed by atoms with E-state index in [9.17, 15) is 4.79 Å². The van der Waals surface area contributed by atoms with E-state index < -0.39 is 0 Å². The lowest BCUT2D eigenvalue weighted by Gasteiger charge is -2.10. The van der Waals surface area contributed by atoms with Crippen LogP contribution in [0.4, 0.5) is 5.69 Å². The predicted molar refractivity (Wildman–Crippen MR) is 83.7 cm³/mol. The summed E-state index contributed by atoms with van der Waals surface area (Å²) >= 11 is 3.29. The maximum absolute atomic E-state index is 12.0. The van der Waals surface area contributed by atoms with Crippen LogP contribution in [0.5, 0.6) is 0 Å². The Balaban J connectivity index is 2.02. The van der Waals surface area contributed by atoms with Gasteiger partial charge in [0.2, 0.25) is 0 Å². The first-order valence-corrected chi connectivity index (χ1v) is 7.00. The zero-order valence-corrected chi connectivity index (χ0v) is 13.0. The molecule has 0 atom stereocenters. The summed E-state index contributed by atoms with van der Waals surface area (Å²) < 4.78 is 0.849. The van der Waals surface area contributed by atoms with Crippen molar-refractivity contribution in [2.45, 2.75) is 6.54 Å². The summed E-state index contributed by atoms with van der Waals surface area (Å²) in [7, 11) is 4.05. The van der Waals surface area contributed by atoms with Gasteiger partial charge in [-0.2, -0.15) is 0 Å². The Morgan fingerprint density at radius 3 is 2.45 bits per heavy atom. The van der Waals surface area contributed by atoms with E-state index in [2.05, 4.69) is 31.1 Å². The minimum Gasteiger partial charge on any atom is -0.321 e. The smallest absolute Gasteiger partial charge is 0.274 e. The molecule has 20 heavy (non-hydrogen) atoms. The number of anilines is 1. The maximum Gasteiger partial charge on any atom is 0.274 e. The van der Waals surface area contributed by atoms with Gasteiger partial charge in [0.25, 0.3) is 5.91 Å². The standard InChI is InChI=1S/C15H16BrN3O/c1-19(2)10-11-3-6-13(7-4-11)18-15(20)14-8-5-12(16)9-17-14/h3-9H,10H2,1-2H3,(H,18,20). The number of carbonyl (C=O) groups excluding carboxylic acids is 1. The van der Waals surface area contributed by atoms with E-state index in [1.807, 2.05) is 38.4 Å². The fourth-order valence-corrected chi connectivity index (χ4v) is 2.00. The predicted octanol–water partition coefficient (Wildman–Crippen LogP) is 3.16. The first-order valence-electron chi connectivity index (χ1n) is 6.21. The van der Waals surface area contributed by atoms with Crippen LogP contribution in [0.25, 0.3) is 0 Å².